The van der Waals surface area contributed by atoms with Gasteiger partial charge in [0.25, 0.3) is 0 Å². The Morgan fingerprint density at radius 2 is 2.16 bits per heavy atom. The number of halogens is 1. The van der Waals surface area contributed by atoms with Crippen molar-refractivity contribution in [3.05, 3.63) is 40.1 Å². The summed E-state index contributed by atoms with van der Waals surface area (Å²) in [5.41, 5.74) is 0. The Hall–Kier alpha value is -1.36. The summed E-state index contributed by atoms with van der Waals surface area (Å²) in [6.07, 6.45) is 2.41. The summed E-state index contributed by atoms with van der Waals surface area (Å²) in [6.45, 7) is 2.66. The van der Waals surface area contributed by atoms with Gasteiger partial charge in [0.1, 0.15) is 27.8 Å². The van der Waals surface area contributed by atoms with E-state index in [0.29, 0.717) is 12.5 Å². The van der Waals surface area contributed by atoms with Gasteiger partial charge in [0.05, 0.1) is 6.54 Å². The SMILES string of the molecule is Cc1ccc(CN(C)c2cc(Br)nc(C3CC3)n2)o1. The Morgan fingerprint density at radius 1 is 1.37 bits per heavy atom. The minimum absolute atomic E-state index is 0.551. The van der Waals surface area contributed by atoms with Crippen LogP contribution in [-0.2, 0) is 6.54 Å². The molecule has 0 amide bonds. The Labute approximate surface area is 121 Å². The fourth-order valence-electron chi connectivity index (χ4n) is 2.03. The van der Waals surface area contributed by atoms with Crippen LogP contribution < -0.4 is 4.90 Å². The molecule has 1 saturated carbocycles. The molecule has 1 fully saturated rings. The first kappa shape index (κ1) is 12.7. The lowest BCUT2D eigenvalue weighted by Crippen LogP contribution is -2.18. The van der Waals surface area contributed by atoms with Gasteiger partial charge in [0.2, 0.25) is 0 Å². The molecule has 5 heteroatoms. The highest BCUT2D eigenvalue weighted by atomic mass is 79.9. The highest BCUT2D eigenvalue weighted by molar-refractivity contribution is 9.10. The Kier molecular flexibility index (Phi) is 3.31. The molecular weight excluding hydrogens is 306 g/mol. The molecular formula is C14H16BrN3O. The van der Waals surface area contributed by atoms with E-state index in [2.05, 4.69) is 30.8 Å². The molecule has 2 heterocycles. The number of aromatic nitrogens is 2. The molecule has 100 valence electrons. The van der Waals surface area contributed by atoms with Crippen molar-refractivity contribution in [3.8, 4) is 0 Å². The van der Waals surface area contributed by atoms with Gasteiger partial charge in [-0.3, -0.25) is 0 Å². The normalized spacial score (nSPS) is 14.7. The molecule has 0 radical (unpaired) electrons. The zero-order valence-corrected chi connectivity index (χ0v) is 12.6. The Bertz CT molecular complexity index is 592. The zero-order valence-electron chi connectivity index (χ0n) is 11.1. The molecule has 0 atom stereocenters. The molecule has 0 aliphatic heterocycles. The highest BCUT2D eigenvalue weighted by Crippen LogP contribution is 2.39. The van der Waals surface area contributed by atoms with Gasteiger partial charge in [-0.15, -0.1) is 0 Å². The third-order valence-corrected chi connectivity index (χ3v) is 3.63. The fourth-order valence-corrected chi connectivity index (χ4v) is 2.41. The number of hydrogen-bond donors (Lipinski definition) is 0. The van der Waals surface area contributed by atoms with E-state index >= 15 is 0 Å². The second kappa shape index (κ2) is 4.96. The number of hydrogen-bond acceptors (Lipinski definition) is 4. The van der Waals surface area contributed by atoms with Crippen LogP contribution in [0.3, 0.4) is 0 Å². The second-order valence-electron chi connectivity index (χ2n) is 5.05. The van der Waals surface area contributed by atoms with E-state index in [1.54, 1.807) is 0 Å². The van der Waals surface area contributed by atoms with E-state index in [4.69, 9.17) is 4.42 Å². The summed E-state index contributed by atoms with van der Waals surface area (Å²) in [4.78, 5) is 11.2. The molecule has 0 unspecified atom stereocenters. The number of aryl methyl sites for hydroxylation is 1. The maximum atomic E-state index is 5.60. The second-order valence-corrected chi connectivity index (χ2v) is 5.86. The molecule has 0 saturated heterocycles. The molecule has 3 rings (SSSR count). The van der Waals surface area contributed by atoms with E-state index in [1.165, 1.54) is 12.8 Å². The van der Waals surface area contributed by atoms with E-state index in [-0.39, 0.29) is 0 Å². The van der Waals surface area contributed by atoms with Crippen LogP contribution >= 0.6 is 15.9 Å². The van der Waals surface area contributed by atoms with Crippen molar-refractivity contribution in [2.75, 3.05) is 11.9 Å². The average molecular weight is 322 g/mol. The molecule has 0 aromatic carbocycles. The average Bonchev–Trinajstić information content (AvgIpc) is 3.13. The van der Waals surface area contributed by atoms with E-state index in [0.717, 1.165) is 27.8 Å². The number of anilines is 1. The molecule has 0 N–H and O–H groups in total. The van der Waals surface area contributed by atoms with Gasteiger partial charge >= 0.3 is 0 Å². The molecule has 4 nitrogen and oxygen atoms in total. The van der Waals surface area contributed by atoms with E-state index < -0.39 is 0 Å². The van der Waals surface area contributed by atoms with Crippen LogP contribution in [0.2, 0.25) is 0 Å². The molecule has 19 heavy (non-hydrogen) atoms. The van der Waals surface area contributed by atoms with E-state index in [9.17, 15) is 0 Å². The first-order valence-electron chi connectivity index (χ1n) is 6.43. The molecule has 0 spiro atoms. The third-order valence-electron chi connectivity index (χ3n) is 3.22. The molecule has 1 aliphatic carbocycles. The molecule has 2 aromatic heterocycles. The summed E-state index contributed by atoms with van der Waals surface area (Å²) in [5.74, 6) is 4.31. The van der Waals surface area contributed by atoms with Crippen LogP contribution in [0.25, 0.3) is 0 Å². The standard InChI is InChI=1S/C14H16BrN3O/c1-9-3-6-11(19-9)8-18(2)13-7-12(15)16-14(17-13)10-4-5-10/h3,6-7,10H,4-5,8H2,1-2H3. The lowest BCUT2D eigenvalue weighted by molar-refractivity contribution is 0.481. The van der Waals surface area contributed by atoms with Crippen molar-refractivity contribution >= 4 is 21.7 Å². The van der Waals surface area contributed by atoms with Gasteiger partial charge in [-0.05, 0) is 47.8 Å². The van der Waals surface area contributed by atoms with Crippen LogP contribution in [0, 0.1) is 6.92 Å². The van der Waals surface area contributed by atoms with Crippen molar-refractivity contribution in [3.63, 3.8) is 0 Å². The van der Waals surface area contributed by atoms with Crippen molar-refractivity contribution in [1.82, 2.24) is 9.97 Å². The molecule has 0 bridgehead atoms. The Balaban J connectivity index is 1.80. The lowest BCUT2D eigenvalue weighted by Gasteiger charge is -2.17. The number of nitrogens with zero attached hydrogens (tertiary/aromatic N) is 3. The van der Waals surface area contributed by atoms with Gasteiger partial charge in [-0.2, -0.15) is 0 Å². The van der Waals surface area contributed by atoms with Crippen LogP contribution in [0.1, 0.15) is 36.1 Å². The number of furan rings is 1. The van der Waals surface area contributed by atoms with Gasteiger partial charge in [0, 0.05) is 19.0 Å². The summed E-state index contributed by atoms with van der Waals surface area (Å²) < 4.78 is 6.45. The monoisotopic (exact) mass is 321 g/mol. The van der Waals surface area contributed by atoms with Crippen molar-refractivity contribution in [2.45, 2.75) is 32.2 Å². The van der Waals surface area contributed by atoms with Crippen LogP contribution in [0.5, 0.6) is 0 Å². The van der Waals surface area contributed by atoms with Crippen molar-refractivity contribution in [2.24, 2.45) is 0 Å². The van der Waals surface area contributed by atoms with Crippen LogP contribution in [0.15, 0.2) is 27.2 Å². The lowest BCUT2D eigenvalue weighted by atomic mass is 10.3. The molecule has 2 aromatic rings. The summed E-state index contributed by atoms with van der Waals surface area (Å²) in [5, 5.41) is 0. The molecule has 1 aliphatic rings. The van der Waals surface area contributed by atoms with E-state index in [1.807, 2.05) is 32.2 Å². The highest BCUT2D eigenvalue weighted by Gasteiger charge is 2.27. The Morgan fingerprint density at radius 3 is 2.79 bits per heavy atom. The first-order valence-corrected chi connectivity index (χ1v) is 7.22. The van der Waals surface area contributed by atoms with Gasteiger partial charge in [0.15, 0.2) is 0 Å². The summed E-state index contributed by atoms with van der Waals surface area (Å²) >= 11 is 3.47. The topological polar surface area (TPSA) is 42.2 Å². The maximum absolute atomic E-state index is 5.60. The predicted octanol–water partition coefficient (Wildman–Crippen LogP) is 3.65. The van der Waals surface area contributed by atoms with Crippen LogP contribution in [-0.4, -0.2) is 17.0 Å². The number of rotatable bonds is 4. The minimum Gasteiger partial charge on any atom is -0.464 e. The van der Waals surface area contributed by atoms with Gasteiger partial charge in [-0.25, -0.2) is 9.97 Å². The summed E-state index contributed by atoms with van der Waals surface area (Å²) in [7, 11) is 2.02. The largest absolute Gasteiger partial charge is 0.464 e. The predicted molar refractivity (Wildman–Crippen MR) is 77.3 cm³/mol. The first-order chi connectivity index (χ1) is 9.11. The van der Waals surface area contributed by atoms with Crippen LogP contribution in [0.4, 0.5) is 5.82 Å². The van der Waals surface area contributed by atoms with Gasteiger partial charge in [-0.1, -0.05) is 0 Å². The third kappa shape index (κ3) is 2.97. The summed E-state index contributed by atoms with van der Waals surface area (Å²) in [6, 6.07) is 5.93. The van der Waals surface area contributed by atoms with Crippen molar-refractivity contribution in [1.29, 1.82) is 0 Å². The maximum Gasteiger partial charge on any atom is 0.135 e. The quantitative estimate of drug-likeness (QED) is 0.806. The zero-order chi connectivity index (χ0) is 13.4. The van der Waals surface area contributed by atoms with Gasteiger partial charge < -0.3 is 9.32 Å². The fraction of sp³-hybridized carbons (Fsp3) is 0.429. The van der Waals surface area contributed by atoms with Crippen molar-refractivity contribution < 1.29 is 4.42 Å². The minimum atomic E-state index is 0.551. The smallest absolute Gasteiger partial charge is 0.135 e.